The zero-order valence-electron chi connectivity index (χ0n) is 11.8. The molecule has 2 rings (SSSR count). The van der Waals surface area contributed by atoms with Gasteiger partial charge in [0.1, 0.15) is 0 Å². The fourth-order valence-corrected chi connectivity index (χ4v) is 2.55. The molecular weight excluding hydrogens is 379 g/mol. The number of nitrogens with zero attached hydrogens (tertiary/aromatic N) is 1. The van der Waals surface area contributed by atoms with E-state index in [9.17, 15) is 4.79 Å². The van der Waals surface area contributed by atoms with E-state index in [0.29, 0.717) is 18.8 Å². The summed E-state index contributed by atoms with van der Waals surface area (Å²) < 4.78 is 4.21. The molecule has 1 aromatic carbocycles. The maximum Gasteiger partial charge on any atom is 0.343 e. The van der Waals surface area contributed by atoms with Crippen LogP contribution in [0.4, 0.5) is 0 Å². The topological polar surface area (TPSA) is 51.2 Å². The van der Waals surface area contributed by atoms with Gasteiger partial charge in [0, 0.05) is 12.7 Å². The molecule has 21 heavy (non-hydrogen) atoms. The van der Waals surface area contributed by atoms with Crippen LogP contribution >= 0.6 is 22.6 Å². The summed E-state index contributed by atoms with van der Waals surface area (Å²) >= 11 is 2.07. The van der Waals surface area contributed by atoms with Crippen LogP contribution in [0.15, 0.2) is 54.7 Å². The molecule has 110 valence electrons. The van der Waals surface area contributed by atoms with E-state index in [1.807, 2.05) is 48.5 Å². The summed E-state index contributed by atoms with van der Waals surface area (Å²) in [6, 6.07) is 15.4. The molecule has 0 saturated carbocycles. The summed E-state index contributed by atoms with van der Waals surface area (Å²) in [5.74, 6) is -0.333. The highest BCUT2D eigenvalue weighted by atomic mass is 127. The molecule has 4 nitrogen and oxygen atoms in total. The van der Waals surface area contributed by atoms with Gasteiger partial charge in [-0.15, -0.1) is 0 Å². The van der Waals surface area contributed by atoms with E-state index in [1.54, 1.807) is 13.1 Å². The number of rotatable bonds is 6. The van der Waals surface area contributed by atoms with Crippen molar-refractivity contribution < 1.29 is 9.53 Å². The summed E-state index contributed by atoms with van der Waals surface area (Å²) in [5.41, 5.74) is 1.73. The summed E-state index contributed by atoms with van der Waals surface area (Å²) in [6.07, 6.45) is 1.67. The number of nitrogens with one attached hydrogen (secondary N) is 1. The molecule has 1 aromatic heterocycles. The third-order valence-electron chi connectivity index (χ3n) is 2.95. The quantitative estimate of drug-likeness (QED) is 0.353. The number of hydrogen-bond acceptors (Lipinski definition) is 4. The summed E-state index contributed by atoms with van der Waals surface area (Å²) in [7, 11) is 0. The van der Waals surface area contributed by atoms with Crippen molar-refractivity contribution in [2.75, 3.05) is 6.61 Å². The van der Waals surface area contributed by atoms with Crippen molar-refractivity contribution in [2.45, 2.75) is 17.0 Å². The number of halogens is 1. The minimum atomic E-state index is -0.995. The van der Waals surface area contributed by atoms with Crippen LogP contribution in [0.3, 0.4) is 0 Å². The molecule has 1 heterocycles. The van der Waals surface area contributed by atoms with Crippen molar-refractivity contribution in [3.05, 3.63) is 66.0 Å². The highest BCUT2D eigenvalue weighted by Crippen LogP contribution is 2.29. The Kier molecular flexibility index (Phi) is 5.69. The highest BCUT2D eigenvalue weighted by Gasteiger charge is 2.39. The first-order valence-corrected chi connectivity index (χ1v) is 7.81. The first-order chi connectivity index (χ1) is 10.2. The number of carbonyl (C=O) groups is 1. The predicted octanol–water partition coefficient (Wildman–Crippen LogP) is 3.02. The molecule has 0 bridgehead atoms. The molecule has 0 fully saturated rings. The third-order valence-corrected chi connectivity index (χ3v) is 4.33. The van der Waals surface area contributed by atoms with Gasteiger partial charge in [-0.25, -0.2) is 4.79 Å². The molecule has 0 radical (unpaired) electrons. The van der Waals surface area contributed by atoms with Gasteiger partial charge < -0.3 is 4.74 Å². The van der Waals surface area contributed by atoms with Crippen LogP contribution in [-0.2, 0) is 19.6 Å². The fourth-order valence-electron chi connectivity index (χ4n) is 1.88. The number of hydrogen-bond donors (Lipinski definition) is 1. The maximum atomic E-state index is 12.4. The lowest BCUT2D eigenvalue weighted by molar-refractivity contribution is -0.146. The van der Waals surface area contributed by atoms with Crippen LogP contribution in [0.5, 0.6) is 0 Å². The highest BCUT2D eigenvalue weighted by molar-refractivity contribution is 14.1. The van der Waals surface area contributed by atoms with Gasteiger partial charge in [0.25, 0.3) is 0 Å². The van der Waals surface area contributed by atoms with E-state index in [-0.39, 0.29) is 5.97 Å². The van der Waals surface area contributed by atoms with Crippen molar-refractivity contribution in [3.8, 4) is 0 Å². The largest absolute Gasteiger partial charge is 0.464 e. The number of ether oxygens (including phenoxy) is 1. The summed E-state index contributed by atoms with van der Waals surface area (Å²) in [6.45, 7) is 2.69. The van der Waals surface area contributed by atoms with Crippen LogP contribution in [0.1, 0.15) is 18.2 Å². The maximum absolute atomic E-state index is 12.4. The van der Waals surface area contributed by atoms with Crippen molar-refractivity contribution in [3.63, 3.8) is 0 Å². The number of carbonyl (C=O) groups excluding carboxylic acids is 1. The average molecular weight is 396 g/mol. The Morgan fingerprint density at radius 2 is 1.95 bits per heavy atom. The van der Waals surface area contributed by atoms with Crippen molar-refractivity contribution in [2.24, 2.45) is 0 Å². The van der Waals surface area contributed by atoms with E-state index < -0.39 is 3.55 Å². The van der Waals surface area contributed by atoms with Crippen LogP contribution in [-0.4, -0.2) is 17.6 Å². The number of esters is 1. The van der Waals surface area contributed by atoms with Crippen molar-refractivity contribution in [1.29, 1.82) is 0 Å². The Labute approximate surface area is 138 Å². The molecule has 0 saturated heterocycles. The van der Waals surface area contributed by atoms with Crippen LogP contribution in [0, 0.1) is 0 Å². The Hall–Kier alpha value is -1.47. The third kappa shape index (κ3) is 4.01. The first-order valence-electron chi connectivity index (χ1n) is 6.73. The van der Waals surface area contributed by atoms with E-state index in [1.165, 1.54) is 0 Å². The van der Waals surface area contributed by atoms with E-state index in [2.05, 4.69) is 32.9 Å². The van der Waals surface area contributed by atoms with Crippen LogP contribution < -0.4 is 5.32 Å². The lowest BCUT2D eigenvalue weighted by atomic mass is 10.1. The van der Waals surface area contributed by atoms with Gasteiger partial charge in [0.15, 0.2) is 0 Å². The molecule has 5 heteroatoms. The summed E-state index contributed by atoms with van der Waals surface area (Å²) in [5, 5.41) is 3.26. The van der Waals surface area contributed by atoms with Gasteiger partial charge in [-0.2, -0.15) is 0 Å². The molecule has 0 amide bonds. The van der Waals surface area contributed by atoms with E-state index >= 15 is 0 Å². The van der Waals surface area contributed by atoms with Gasteiger partial charge in [0.05, 0.1) is 12.3 Å². The zero-order chi connectivity index (χ0) is 15.1. The van der Waals surface area contributed by atoms with E-state index in [0.717, 1.165) is 5.56 Å². The van der Waals surface area contributed by atoms with Gasteiger partial charge >= 0.3 is 5.97 Å². The minimum Gasteiger partial charge on any atom is -0.464 e. The molecule has 2 aromatic rings. The van der Waals surface area contributed by atoms with E-state index in [4.69, 9.17) is 4.74 Å². The lowest BCUT2D eigenvalue weighted by Gasteiger charge is -2.26. The predicted molar refractivity (Wildman–Crippen MR) is 89.8 cm³/mol. The molecule has 1 N–H and O–H groups in total. The molecule has 0 aliphatic rings. The van der Waals surface area contributed by atoms with Crippen LogP contribution in [0.25, 0.3) is 0 Å². The molecule has 0 aliphatic heterocycles. The van der Waals surface area contributed by atoms with Gasteiger partial charge in [0.2, 0.25) is 3.55 Å². The van der Waals surface area contributed by atoms with Gasteiger partial charge in [-0.05, 0) is 47.2 Å². The second-order valence-corrected chi connectivity index (χ2v) is 6.05. The van der Waals surface area contributed by atoms with Crippen LogP contribution in [0.2, 0.25) is 0 Å². The second-order valence-electron chi connectivity index (χ2n) is 4.43. The number of benzene rings is 1. The standard InChI is InChI=1S/C16H17IN2O2/c1-2-21-15(20)16(17,14-10-6-7-11-18-14)19-12-13-8-4-3-5-9-13/h3-11,19H,2,12H2,1H3. The molecule has 0 spiro atoms. The molecule has 1 unspecified atom stereocenters. The summed E-state index contributed by atoms with van der Waals surface area (Å²) in [4.78, 5) is 16.7. The Morgan fingerprint density at radius 1 is 1.24 bits per heavy atom. The van der Waals surface area contributed by atoms with Gasteiger partial charge in [-0.3, -0.25) is 10.3 Å². The normalized spacial score (nSPS) is 13.4. The number of aromatic nitrogens is 1. The lowest BCUT2D eigenvalue weighted by Crippen LogP contribution is -2.45. The first kappa shape index (κ1) is 15.9. The zero-order valence-corrected chi connectivity index (χ0v) is 13.9. The Bertz CT molecular complexity index is 577. The smallest absolute Gasteiger partial charge is 0.343 e. The second kappa shape index (κ2) is 7.51. The van der Waals surface area contributed by atoms with Gasteiger partial charge in [-0.1, -0.05) is 36.4 Å². The molecular formula is C16H17IN2O2. The average Bonchev–Trinajstić information content (AvgIpc) is 2.54. The number of pyridine rings is 1. The SMILES string of the molecule is CCOC(=O)C(I)(NCc1ccccc1)c1ccccn1. The fraction of sp³-hybridized carbons (Fsp3) is 0.250. The monoisotopic (exact) mass is 396 g/mol. The Balaban J connectivity index is 2.22. The Morgan fingerprint density at radius 3 is 2.57 bits per heavy atom. The minimum absolute atomic E-state index is 0.333. The van der Waals surface area contributed by atoms with Crippen molar-refractivity contribution >= 4 is 28.6 Å². The molecule has 1 atom stereocenters. The van der Waals surface area contributed by atoms with Crippen molar-refractivity contribution in [1.82, 2.24) is 10.3 Å². The molecule has 0 aliphatic carbocycles. The number of alkyl halides is 1.